The number of nitrogens with one attached hydrogen (secondary N) is 1. The second-order valence-corrected chi connectivity index (χ2v) is 5.83. The van der Waals surface area contributed by atoms with Crippen LogP contribution in [0.5, 0.6) is 0 Å². The van der Waals surface area contributed by atoms with Gasteiger partial charge in [0, 0.05) is 44.4 Å². The fraction of sp³-hybridized carbons (Fsp3) is 0.333. The van der Waals surface area contributed by atoms with Gasteiger partial charge < -0.3 is 10.2 Å². The van der Waals surface area contributed by atoms with Crippen LogP contribution in [0.2, 0.25) is 0 Å². The van der Waals surface area contributed by atoms with Gasteiger partial charge in [0.05, 0.1) is 6.54 Å². The number of anilines is 2. The molecular formula is C18H24N4O. The van der Waals surface area contributed by atoms with E-state index in [1.165, 1.54) is 5.56 Å². The third kappa shape index (κ3) is 5.71. The van der Waals surface area contributed by atoms with E-state index in [0.29, 0.717) is 6.54 Å². The minimum Gasteiger partial charge on any atom is -0.378 e. The normalized spacial score (nSPS) is 10.6. The summed E-state index contributed by atoms with van der Waals surface area (Å²) in [4.78, 5) is 20.1. The first-order valence-corrected chi connectivity index (χ1v) is 7.69. The number of likely N-dealkylation sites (N-methyl/N-ethyl adjacent to an activating group) is 1. The van der Waals surface area contributed by atoms with Crippen molar-refractivity contribution in [1.82, 2.24) is 9.88 Å². The van der Waals surface area contributed by atoms with Gasteiger partial charge in [0.2, 0.25) is 5.91 Å². The standard InChI is InChI=1S/C18H24N4O/c1-21(2)17-6-4-16(5-7-17)20-18(23)14-22(3)13-10-15-8-11-19-12-9-15/h4-9,11-12H,10,13-14H2,1-3H3,(H,20,23). The largest absolute Gasteiger partial charge is 0.378 e. The molecule has 23 heavy (non-hydrogen) atoms. The van der Waals surface area contributed by atoms with Gasteiger partial charge in [-0.15, -0.1) is 0 Å². The highest BCUT2D eigenvalue weighted by molar-refractivity contribution is 5.92. The molecule has 0 unspecified atom stereocenters. The van der Waals surface area contributed by atoms with Crippen LogP contribution in [0.1, 0.15) is 5.56 Å². The Morgan fingerprint density at radius 3 is 2.30 bits per heavy atom. The molecule has 2 rings (SSSR count). The Hall–Kier alpha value is -2.40. The zero-order valence-corrected chi connectivity index (χ0v) is 14.0. The lowest BCUT2D eigenvalue weighted by molar-refractivity contribution is -0.117. The lowest BCUT2D eigenvalue weighted by Crippen LogP contribution is -2.31. The van der Waals surface area contributed by atoms with Crippen LogP contribution in [0.4, 0.5) is 11.4 Å². The van der Waals surface area contributed by atoms with Crippen molar-refractivity contribution < 1.29 is 4.79 Å². The van der Waals surface area contributed by atoms with E-state index >= 15 is 0 Å². The van der Waals surface area contributed by atoms with Crippen LogP contribution in [0.3, 0.4) is 0 Å². The summed E-state index contributed by atoms with van der Waals surface area (Å²) in [7, 11) is 5.94. The second-order valence-electron chi connectivity index (χ2n) is 5.83. The van der Waals surface area contributed by atoms with Crippen LogP contribution < -0.4 is 10.2 Å². The molecule has 122 valence electrons. The minimum absolute atomic E-state index is 0.000156. The molecule has 1 aromatic heterocycles. The minimum atomic E-state index is -0.000156. The van der Waals surface area contributed by atoms with Crippen molar-refractivity contribution in [1.29, 1.82) is 0 Å². The van der Waals surface area contributed by atoms with Crippen LogP contribution in [0.25, 0.3) is 0 Å². The molecule has 1 N–H and O–H groups in total. The molecule has 5 heteroatoms. The fourth-order valence-electron chi connectivity index (χ4n) is 2.24. The number of hydrogen-bond acceptors (Lipinski definition) is 4. The van der Waals surface area contributed by atoms with Gasteiger partial charge in [0.1, 0.15) is 0 Å². The highest BCUT2D eigenvalue weighted by Gasteiger charge is 2.07. The third-order valence-electron chi connectivity index (χ3n) is 3.61. The lowest BCUT2D eigenvalue weighted by atomic mass is 10.2. The molecule has 0 aliphatic heterocycles. The van der Waals surface area contributed by atoms with Crippen molar-refractivity contribution in [3.05, 3.63) is 54.4 Å². The number of carbonyl (C=O) groups excluding carboxylic acids is 1. The van der Waals surface area contributed by atoms with Gasteiger partial charge in [-0.25, -0.2) is 0 Å². The van der Waals surface area contributed by atoms with Gasteiger partial charge >= 0.3 is 0 Å². The number of nitrogens with zero attached hydrogens (tertiary/aromatic N) is 3. The van der Waals surface area contributed by atoms with Gasteiger partial charge in [-0.1, -0.05) is 0 Å². The molecular weight excluding hydrogens is 288 g/mol. The molecule has 0 aliphatic rings. The van der Waals surface area contributed by atoms with Gasteiger partial charge in [-0.05, 0) is 55.4 Å². The van der Waals surface area contributed by atoms with E-state index in [-0.39, 0.29) is 5.91 Å². The Bertz CT molecular complexity index is 611. The van der Waals surface area contributed by atoms with Crippen LogP contribution >= 0.6 is 0 Å². The molecule has 0 atom stereocenters. The van der Waals surface area contributed by atoms with Crippen molar-refractivity contribution in [2.45, 2.75) is 6.42 Å². The maximum Gasteiger partial charge on any atom is 0.238 e. The predicted molar refractivity (Wildman–Crippen MR) is 94.8 cm³/mol. The topological polar surface area (TPSA) is 48.5 Å². The predicted octanol–water partition coefficient (Wildman–Crippen LogP) is 2.26. The lowest BCUT2D eigenvalue weighted by Gasteiger charge is -2.17. The molecule has 0 radical (unpaired) electrons. The summed E-state index contributed by atoms with van der Waals surface area (Å²) in [6.45, 7) is 1.21. The van der Waals surface area contributed by atoms with Crippen molar-refractivity contribution in [2.75, 3.05) is 44.4 Å². The summed E-state index contributed by atoms with van der Waals surface area (Å²) in [6.07, 6.45) is 4.49. The van der Waals surface area contributed by atoms with Crippen LogP contribution in [-0.4, -0.2) is 50.0 Å². The molecule has 5 nitrogen and oxygen atoms in total. The molecule has 2 aromatic rings. The molecule has 0 bridgehead atoms. The van der Waals surface area contributed by atoms with Crippen molar-refractivity contribution >= 4 is 17.3 Å². The number of pyridine rings is 1. The summed E-state index contributed by atoms with van der Waals surface area (Å²) in [6, 6.07) is 11.8. The van der Waals surface area contributed by atoms with Crippen molar-refractivity contribution in [3.8, 4) is 0 Å². The summed E-state index contributed by atoms with van der Waals surface area (Å²) < 4.78 is 0. The fourth-order valence-corrected chi connectivity index (χ4v) is 2.24. The zero-order valence-electron chi connectivity index (χ0n) is 14.0. The van der Waals surface area contributed by atoms with Crippen LogP contribution in [0.15, 0.2) is 48.8 Å². The van der Waals surface area contributed by atoms with E-state index in [0.717, 1.165) is 24.3 Å². The highest BCUT2D eigenvalue weighted by atomic mass is 16.2. The third-order valence-corrected chi connectivity index (χ3v) is 3.61. The summed E-state index contributed by atoms with van der Waals surface area (Å²) in [5.74, 6) is -0.000156. The van der Waals surface area contributed by atoms with Gasteiger partial charge in [-0.2, -0.15) is 0 Å². The molecule has 0 saturated carbocycles. The van der Waals surface area contributed by atoms with E-state index in [4.69, 9.17) is 0 Å². The van der Waals surface area contributed by atoms with Gasteiger partial charge in [-0.3, -0.25) is 14.7 Å². The average molecular weight is 312 g/mol. The Morgan fingerprint density at radius 1 is 1.04 bits per heavy atom. The second kappa shape index (κ2) is 8.29. The molecule has 1 heterocycles. The Balaban J connectivity index is 1.77. The molecule has 0 aliphatic carbocycles. The molecule has 0 saturated heterocycles. The Kier molecular flexibility index (Phi) is 6.11. The average Bonchev–Trinajstić information content (AvgIpc) is 2.54. The van der Waals surface area contributed by atoms with E-state index in [9.17, 15) is 4.79 Å². The number of benzene rings is 1. The maximum atomic E-state index is 12.1. The number of carbonyl (C=O) groups is 1. The first kappa shape index (κ1) is 17.0. The number of rotatable bonds is 7. The maximum absolute atomic E-state index is 12.1. The SMILES string of the molecule is CN(CCc1ccncc1)CC(=O)Nc1ccc(N(C)C)cc1. The number of hydrogen-bond donors (Lipinski definition) is 1. The molecule has 1 amide bonds. The van der Waals surface area contributed by atoms with E-state index in [1.54, 1.807) is 12.4 Å². The van der Waals surface area contributed by atoms with Crippen molar-refractivity contribution in [3.63, 3.8) is 0 Å². The zero-order chi connectivity index (χ0) is 16.7. The molecule has 0 fully saturated rings. The number of aromatic nitrogens is 1. The summed E-state index contributed by atoms with van der Waals surface area (Å²) in [5.41, 5.74) is 3.16. The molecule has 1 aromatic carbocycles. The van der Waals surface area contributed by atoms with Crippen LogP contribution in [0, 0.1) is 0 Å². The smallest absolute Gasteiger partial charge is 0.238 e. The quantitative estimate of drug-likeness (QED) is 0.852. The Labute approximate surface area is 137 Å². The van der Waals surface area contributed by atoms with Crippen molar-refractivity contribution in [2.24, 2.45) is 0 Å². The monoisotopic (exact) mass is 312 g/mol. The van der Waals surface area contributed by atoms with Crippen LogP contribution in [-0.2, 0) is 11.2 Å². The van der Waals surface area contributed by atoms with E-state index in [1.807, 2.05) is 67.3 Å². The molecule has 0 spiro atoms. The Morgan fingerprint density at radius 2 is 1.70 bits per heavy atom. The summed E-state index contributed by atoms with van der Waals surface area (Å²) in [5, 5.41) is 2.93. The number of amides is 1. The van der Waals surface area contributed by atoms with E-state index in [2.05, 4.69) is 10.3 Å². The van der Waals surface area contributed by atoms with E-state index < -0.39 is 0 Å². The first-order chi connectivity index (χ1) is 11.0. The first-order valence-electron chi connectivity index (χ1n) is 7.69. The summed E-state index contributed by atoms with van der Waals surface area (Å²) >= 11 is 0. The van der Waals surface area contributed by atoms with Gasteiger partial charge in [0.15, 0.2) is 0 Å². The van der Waals surface area contributed by atoms with Gasteiger partial charge in [0.25, 0.3) is 0 Å². The highest BCUT2D eigenvalue weighted by Crippen LogP contribution is 2.15.